The lowest BCUT2D eigenvalue weighted by molar-refractivity contribution is -0.166. The topological polar surface area (TPSA) is 78.9 Å². The zero-order chi connectivity index (χ0) is 45.1. The monoisotopic (exact) mass is 861 g/mol. The van der Waals surface area contributed by atoms with E-state index < -0.39 is 12.1 Å². The van der Waals surface area contributed by atoms with Crippen LogP contribution >= 0.6 is 0 Å². The Morgan fingerprint density at radius 3 is 1.08 bits per heavy atom. The van der Waals surface area contributed by atoms with Crippen molar-refractivity contribution in [2.24, 2.45) is 0 Å². The maximum absolute atomic E-state index is 12.7. The number of unbranched alkanes of at least 4 members (excludes halogenated alkanes) is 18. The first-order valence-electron chi connectivity index (χ1n) is 25.2. The molecular formula is C56H92O6. The molecule has 0 spiro atoms. The first kappa shape index (κ1) is 58.3. The van der Waals surface area contributed by atoms with Crippen LogP contribution in [-0.2, 0) is 28.6 Å². The molecule has 1 atom stereocenters. The summed E-state index contributed by atoms with van der Waals surface area (Å²) in [6.07, 6.45) is 65.5. The van der Waals surface area contributed by atoms with Gasteiger partial charge in [-0.3, -0.25) is 14.4 Å². The molecule has 62 heavy (non-hydrogen) atoms. The normalized spacial score (nSPS) is 12.9. The minimum Gasteiger partial charge on any atom is -0.462 e. The Morgan fingerprint density at radius 2 is 0.677 bits per heavy atom. The summed E-state index contributed by atoms with van der Waals surface area (Å²) in [5.74, 6) is -1.08. The Morgan fingerprint density at radius 1 is 0.355 bits per heavy atom. The summed E-state index contributed by atoms with van der Waals surface area (Å²) >= 11 is 0. The summed E-state index contributed by atoms with van der Waals surface area (Å²) in [5.41, 5.74) is 0. The van der Waals surface area contributed by atoms with Crippen LogP contribution in [0.4, 0.5) is 0 Å². The van der Waals surface area contributed by atoms with Crippen molar-refractivity contribution >= 4 is 17.9 Å². The minimum atomic E-state index is -0.838. The second-order valence-corrected chi connectivity index (χ2v) is 16.4. The summed E-state index contributed by atoms with van der Waals surface area (Å²) in [4.78, 5) is 37.9. The first-order valence-corrected chi connectivity index (χ1v) is 25.2. The third-order valence-corrected chi connectivity index (χ3v) is 10.3. The molecule has 0 aliphatic rings. The molecule has 0 aliphatic carbocycles. The molecule has 0 aromatic rings. The zero-order valence-electron chi connectivity index (χ0n) is 40.1. The van der Waals surface area contributed by atoms with E-state index in [0.29, 0.717) is 12.8 Å². The lowest BCUT2D eigenvalue weighted by Crippen LogP contribution is -2.30. The van der Waals surface area contributed by atoms with E-state index >= 15 is 0 Å². The highest BCUT2D eigenvalue weighted by atomic mass is 16.6. The Kier molecular flexibility index (Phi) is 47.0. The molecule has 352 valence electrons. The summed E-state index contributed by atoms with van der Waals surface area (Å²) in [6, 6.07) is 0. The van der Waals surface area contributed by atoms with Crippen LogP contribution in [-0.4, -0.2) is 37.2 Å². The van der Waals surface area contributed by atoms with Crippen molar-refractivity contribution in [2.45, 2.75) is 226 Å². The van der Waals surface area contributed by atoms with Crippen LogP contribution < -0.4 is 0 Å². The number of hydrogen-bond acceptors (Lipinski definition) is 6. The van der Waals surface area contributed by atoms with Crippen LogP contribution in [0.15, 0.2) is 97.2 Å². The molecule has 6 heteroatoms. The van der Waals surface area contributed by atoms with Gasteiger partial charge in [-0.1, -0.05) is 195 Å². The molecule has 0 saturated heterocycles. The van der Waals surface area contributed by atoms with Crippen LogP contribution in [0, 0.1) is 0 Å². The quantitative estimate of drug-likeness (QED) is 0.0263. The van der Waals surface area contributed by atoms with Crippen molar-refractivity contribution in [2.75, 3.05) is 13.2 Å². The van der Waals surface area contributed by atoms with Gasteiger partial charge in [-0.05, 0) is 103 Å². The number of rotatable bonds is 44. The molecule has 0 amide bonds. The largest absolute Gasteiger partial charge is 0.462 e. The number of carbonyl (C=O) groups is 3. The third kappa shape index (κ3) is 47.4. The second-order valence-electron chi connectivity index (χ2n) is 16.4. The van der Waals surface area contributed by atoms with E-state index in [9.17, 15) is 14.4 Å². The molecule has 0 fully saturated rings. The highest BCUT2D eigenvalue weighted by Gasteiger charge is 2.19. The standard InChI is InChI=1S/C56H92O6/c1-4-7-10-13-16-19-22-25-27-28-30-31-34-37-40-43-46-49-55(58)61-52-53(51-60-54(57)48-45-42-39-36-33-24-21-18-15-12-9-6-3)62-56(59)50-47-44-41-38-35-32-29-26-23-20-17-14-11-8-5-2/h8,11,16-21,25-27,29,35,38,44,47,53H,4-7,9-10,12-15,22-24,28,30-34,36-37,39-43,45-46,48-52H2,1-3H3/b11-8-,19-16-,20-17-,21-18-,27-25-,29-26-,38-35-,47-44-. The number of hydrogen-bond donors (Lipinski definition) is 0. The SMILES string of the molecule is CC/C=C\C/C=C\C/C=C\C/C=C\C/C=C\CC(=O)OC(COC(=O)CCCCCCC/C=C\CCCCC)COC(=O)CCCCCCCCC/C=C\C/C=C\CCCCC. The summed E-state index contributed by atoms with van der Waals surface area (Å²) < 4.78 is 16.6. The Labute approximate surface area is 381 Å². The summed E-state index contributed by atoms with van der Waals surface area (Å²) in [7, 11) is 0. The van der Waals surface area contributed by atoms with Crippen LogP contribution in [0.3, 0.4) is 0 Å². The van der Waals surface area contributed by atoms with Crippen molar-refractivity contribution in [1.82, 2.24) is 0 Å². The number of ether oxygens (including phenoxy) is 3. The average molecular weight is 861 g/mol. The summed E-state index contributed by atoms with van der Waals surface area (Å²) in [5, 5.41) is 0. The van der Waals surface area contributed by atoms with Gasteiger partial charge in [0.2, 0.25) is 0 Å². The Bertz CT molecular complexity index is 1260. The van der Waals surface area contributed by atoms with E-state index in [-0.39, 0.29) is 31.6 Å². The number of carbonyl (C=O) groups excluding carboxylic acids is 3. The van der Waals surface area contributed by atoms with Gasteiger partial charge in [0.05, 0.1) is 6.42 Å². The predicted octanol–water partition coefficient (Wildman–Crippen LogP) is 16.6. The van der Waals surface area contributed by atoms with E-state index in [2.05, 4.69) is 106 Å². The van der Waals surface area contributed by atoms with Gasteiger partial charge in [0, 0.05) is 12.8 Å². The van der Waals surface area contributed by atoms with Gasteiger partial charge in [0.25, 0.3) is 0 Å². The first-order chi connectivity index (χ1) is 30.5. The smallest absolute Gasteiger partial charge is 0.310 e. The lowest BCUT2D eigenvalue weighted by atomic mass is 10.1. The predicted molar refractivity (Wildman–Crippen MR) is 265 cm³/mol. The van der Waals surface area contributed by atoms with Gasteiger partial charge in [0.15, 0.2) is 6.10 Å². The van der Waals surface area contributed by atoms with E-state index in [1.54, 1.807) is 6.08 Å². The van der Waals surface area contributed by atoms with Gasteiger partial charge in [0.1, 0.15) is 13.2 Å². The molecule has 1 unspecified atom stereocenters. The fraction of sp³-hybridized carbons (Fsp3) is 0.661. The lowest BCUT2D eigenvalue weighted by Gasteiger charge is -2.18. The van der Waals surface area contributed by atoms with E-state index in [0.717, 1.165) is 96.3 Å². The molecule has 0 rings (SSSR count). The minimum absolute atomic E-state index is 0.0914. The van der Waals surface area contributed by atoms with Crippen molar-refractivity contribution in [1.29, 1.82) is 0 Å². The molecular weight excluding hydrogens is 769 g/mol. The average Bonchev–Trinajstić information content (AvgIpc) is 3.27. The highest BCUT2D eigenvalue weighted by Crippen LogP contribution is 2.13. The van der Waals surface area contributed by atoms with Gasteiger partial charge >= 0.3 is 17.9 Å². The van der Waals surface area contributed by atoms with Gasteiger partial charge in [-0.15, -0.1) is 0 Å². The summed E-state index contributed by atoms with van der Waals surface area (Å²) in [6.45, 7) is 6.36. The molecule has 0 saturated carbocycles. The fourth-order valence-corrected chi connectivity index (χ4v) is 6.54. The van der Waals surface area contributed by atoms with Crippen molar-refractivity contribution < 1.29 is 28.6 Å². The Balaban J connectivity index is 4.53. The number of allylic oxidation sites excluding steroid dienone is 15. The van der Waals surface area contributed by atoms with Crippen LogP contribution in [0.2, 0.25) is 0 Å². The molecule has 0 radical (unpaired) electrons. The third-order valence-electron chi connectivity index (χ3n) is 10.3. The van der Waals surface area contributed by atoms with Crippen molar-refractivity contribution in [3.8, 4) is 0 Å². The second kappa shape index (κ2) is 50.0. The van der Waals surface area contributed by atoms with Gasteiger partial charge in [-0.25, -0.2) is 0 Å². The molecule has 0 N–H and O–H groups in total. The van der Waals surface area contributed by atoms with Crippen LogP contribution in [0.25, 0.3) is 0 Å². The zero-order valence-corrected chi connectivity index (χ0v) is 40.1. The maximum atomic E-state index is 12.7. The molecule has 0 heterocycles. The van der Waals surface area contributed by atoms with Crippen molar-refractivity contribution in [3.05, 3.63) is 97.2 Å². The Hall–Kier alpha value is -3.67. The molecule has 0 bridgehead atoms. The maximum Gasteiger partial charge on any atom is 0.310 e. The van der Waals surface area contributed by atoms with Crippen molar-refractivity contribution in [3.63, 3.8) is 0 Å². The van der Waals surface area contributed by atoms with Crippen LogP contribution in [0.5, 0.6) is 0 Å². The van der Waals surface area contributed by atoms with E-state index in [1.807, 2.05) is 6.08 Å². The molecule has 0 aromatic heterocycles. The molecule has 0 aromatic carbocycles. The van der Waals surface area contributed by atoms with Gasteiger partial charge in [-0.2, -0.15) is 0 Å². The highest BCUT2D eigenvalue weighted by molar-refractivity contribution is 5.72. The van der Waals surface area contributed by atoms with E-state index in [1.165, 1.54) is 83.5 Å². The fourth-order valence-electron chi connectivity index (χ4n) is 6.54. The van der Waals surface area contributed by atoms with Crippen LogP contribution in [0.1, 0.15) is 220 Å². The molecule has 0 aliphatic heterocycles. The van der Waals surface area contributed by atoms with Gasteiger partial charge < -0.3 is 14.2 Å². The molecule has 6 nitrogen and oxygen atoms in total. The van der Waals surface area contributed by atoms with E-state index in [4.69, 9.17) is 14.2 Å². The number of esters is 3.